The van der Waals surface area contributed by atoms with Crippen LogP contribution in [0.25, 0.3) is 5.65 Å². The number of carbonyl (C=O) groups excluding carboxylic acids is 1. The number of fused-ring (bicyclic) bond motifs is 1. The minimum atomic E-state index is -0.179. The fourth-order valence-corrected chi connectivity index (χ4v) is 3.28. The normalized spacial score (nSPS) is 11.7. The molecule has 0 radical (unpaired) electrons. The molecule has 0 spiro atoms. The van der Waals surface area contributed by atoms with E-state index >= 15 is 0 Å². The number of tetrazole rings is 1. The molecular formula is C21H23N7O. The lowest BCUT2D eigenvalue weighted by Crippen LogP contribution is -2.19. The number of anilines is 1. The van der Waals surface area contributed by atoms with Crippen molar-refractivity contribution in [3.05, 3.63) is 71.3 Å². The molecule has 8 nitrogen and oxygen atoms in total. The first kappa shape index (κ1) is 18.8. The first-order chi connectivity index (χ1) is 13.9. The number of hydrogen-bond donors (Lipinski definition) is 2. The highest BCUT2D eigenvalue weighted by molar-refractivity contribution is 6.03. The van der Waals surface area contributed by atoms with Crippen molar-refractivity contribution in [3.8, 4) is 0 Å². The molecule has 1 aromatic carbocycles. The number of aryl methyl sites for hydroxylation is 2. The van der Waals surface area contributed by atoms with Crippen molar-refractivity contribution < 1.29 is 4.79 Å². The first-order valence-corrected chi connectivity index (χ1v) is 9.50. The molecule has 0 fully saturated rings. The summed E-state index contributed by atoms with van der Waals surface area (Å²) in [5, 5.41) is 16.9. The van der Waals surface area contributed by atoms with Gasteiger partial charge in [-0.1, -0.05) is 37.3 Å². The summed E-state index contributed by atoms with van der Waals surface area (Å²) in [6.45, 7) is 6.35. The van der Waals surface area contributed by atoms with E-state index in [9.17, 15) is 4.79 Å². The van der Waals surface area contributed by atoms with Gasteiger partial charge in [0.1, 0.15) is 5.65 Å². The standard InChI is InChI=1S/C21H23N7O/c1-14-4-9-19-22-18(13-28(19)12-14)23-20(29)15-5-7-16(8-6-15)21(2,3)11-10-17-24-26-27-25-17/h4-9,12-13H,10-11H2,1-3H3,(H,23,29)(H,24,25,26,27). The first-order valence-electron chi connectivity index (χ1n) is 9.50. The molecular weight excluding hydrogens is 366 g/mol. The lowest BCUT2D eigenvalue weighted by molar-refractivity contribution is 0.102. The van der Waals surface area contributed by atoms with Gasteiger partial charge in [-0.3, -0.25) is 4.79 Å². The van der Waals surface area contributed by atoms with E-state index in [0.29, 0.717) is 17.2 Å². The number of aromatic nitrogens is 6. The fourth-order valence-electron chi connectivity index (χ4n) is 3.28. The molecule has 0 aliphatic heterocycles. The molecule has 148 valence electrons. The summed E-state index contributed by atoms with van der Waals surface area (Å²) >= 11 is 0. The number of nitrogens with one attached hydrogen (secondary N) is 2. The Morgan fingerprint density at radius 3 is 2.66 bits per heavy atom. The summed E-state index contributed by atoms with van der Waals surface area (Å²) < 4.78 is 1.90. The van der Waals surface area contributed by atoms with Gasteiger partial charge >= 0.3 is 0 Å². The fraction of sp³-hybridized carbons (Fsp3) is 0.286. The number of benzene rings is 1. The van der Waals surface area contributed by atoms with E-state index in [1.165, 1.54) is 0 Å². The summed E-state index contributed by atoms with van der Waals surface area (Å²) in [5.41, 5.74) is 3.60. The molecule has 0 aliphatic carbocycles. The number of rotatable bonds is 6. The van der Waals surface area contributed by atoms with Gasteiger partial charge in [-0.25, -0.2) is 4.98 Å². The maximum Gasteiger partial charge on any atom is 0.256 e. The van der Waals surface area contributed by atoms with E-state index in [1.807, 2.05) is 60.1 Å². The molecule has 2 N–H and O–H groups in total. The Labute approximate surface area is 168 Å². The quantitative estimate of drug-likeness (QED) is 0.527. The molecule has 4 rings (SSSR count). The Morgan fingerprint density at radius 1 is 1.14 bits per heavy atom. The van der Waals surface area contributed by atoms with E-state index in [-0.39, 0.29) is 11.3 Å². The van der Waals surface area contributed by atoms with Crippen LogP contribution in [0.1, 0.15) is 47.6 Å². The number of nitrogens with zero attached hydrogens (tertiary/aromatic N) is 5. The highest BCUT2D eigenvalue weighted by atomic mass is 16.1. The largest absolute Gasteiger partial charge is 0.305 e. The number of H-pyrrole nitrogens is 1. The van der Waals surface area contributed by atoms with Gasteiger partial charge < -0.3 is 9.72 Å². The molecule has 1 amide bonds. The van der Waals surface area contributed by atoms with Crippen LogP contribution in [-0.4, -0.2) is 35.9 Å². The van der Waals surface area contributed by atoms with Gasteiger partial charge in [0.2, 0.25) is 0 Å². The van der Waals surface area contributed by atoms with E-state index < -0.39 is 0 Å². The van der Waals surface area contributed by atoms with Crippen LogP contribution in [0.3, 0.4) is 0 Å². The zero-order valence-corrected chi connectivity index (χ0v) is 16.7. The third kappa shape index (κ3) is 4.16. The van der Waals surface area contributed by atoms with Crippen molar-refractivity contribution >= 4 is 17.4 Å². The Hall–Kier alpha value is -3.55. The maximum atomic E-state index is 12.6. The summed E-state index contributed by atoms with van der Waals surface area (Å²) in [4.78, 5) is 17.0. The monoisotopic (exact) mass is 389 g/mol. The Bertz CT molecular complexity index is 1130. The average molecular weight is 389 g/mol. The average Bonchev–Trinajstić information content (AvgIpc) is 3.35. The molecule has 4 aromatic rings. The van der Waals surface area contributed by atoms with Crippen LogP contribution in [0.15, 0.2) is 48.8 Å². The molecule has 0 unspecified atom stereocenters. The van der Waals surface area contributed by atoms with Crippen LogP contribution < -0.4 is 5.32 Å². The number of amides is 1. The molecule has 3 heterocycles. The number of imidazole rings is 1. The maximum absolute atomic E-state index is 12.6. The molecule has 0 aliphatic rings. The zero-order valence-electron chi connectivity index (χ0n) is 16.7. The predicted octanol–water partition coefficient (Wildman–Crippen LogP) is 3.32. The van der Waals surface area contributed by atoms with Crippen molar-refractivity contribution in [2.24, 2.45) is 0 Å². The van der Waals surface area contributed by atoms with E-state index in [2.05, 4.69) is 44.8 Å². The summed E-state index contributed by atoms with van der Waals surface area (Å²) in [6, 6.07) is 11.6. The van der Waals surface area contributed by atoms with Crippen molar-refractivity contribution in [1.29, 1.82) is 0 Å². The molecule has 0 saturated heterocycles. The minimum absolute atomic E-state index is 0.0743. The third-order valence-electron chi connectivity index (χ3n) is 5.13. The summed E-state index contributed by atoms with van der Waals surface area (Å²) in [7, 11) is 0. The Morgan fingerprint density at radius 2 is 1.93 bits per heavy atom. The lowest BCUT2D eigenvalue weighted by Gasteiger charge is -2.24. The van der Waals surface area contributed by atoms with Crippen LogP contribution in [0, 0.1) is 6.92 Å². The summed E-state index contributed by atoms with van der Waals surface area (Å²) in [6.07, 6.45) is 5.40. The smallest absolute Gasteiger partial charge is 0.256 e. The topological polar surface area (TPSA) is 101 Å². The second-order valence-electron chi connectivity index (χ2n) is 7.84. The van der Waals surface area contributed by atoms with Crippen LogP contribution >= 0.6 is 0 Å². The van der Waals surface area contributed by atoms with Crippen molar-refractivity contribution in [2.45, 2.75) is 39.0 Å². The molecule has 0 bridgehead atoms. The Balaban J connectivity index is 1.44. The van der Waals surface area contributed by atoms with Crippen LogP contribution in [0.2, 0.25) is 0 Å². The van der Waals surface area contributed by atoms with Gasteiger partial charge in [-0.2, -0.15) is 5.21 Å². The van der Waals surface area contributed by atoms with Crippen molar-refractivity contribution in [2.75, 3.05) is 5.32 Å². The van der Waals surface area contributed by atoms with Crippen LogP contribution in [-0.2, 0) is 11.8 Å². The zero-order chi connectivity index (χ0) is 20.4. The minimum Gasteiger partial charge on any atom is -0.305 e. The predicted molar refractivity (Wildman–Crippen MR) is 110 cm³/mol. The Kier molecular flexibility index (Phi) is 4.84. The van der Waals surface area contributed by atoms with Gasteiger partial charge in [0.15, 0.2) is 11.6 Å². The van der Waals surface area contributed by atoms with E-state index in [1.54, 1.807) is 0 Å². The van der Waals surface area contributed by atoms with Gasteiger partial charge in [0.25, 0.3) is 5.91 Å². The molecule has 29 heavy (non-hydrogen) atoms. The van der Waals surface area contributed by atoms with Gasteiger partial charge in [0, 0.05) is 18.2 Å². The lowest BCUT2D eigenvalue weighted by atomic mass is 9.80. The highest BCUT2D eigenvalue weighted by Crippen LogP contribution is 2.28. The third-order valence-corrected chi connectivity index (χ3v) is 5.13. The van der Waals surface area contributed by atoms with E-state index in [4.69, 9.17) is 0 Å². The molecule has 8 heteroatoms. The highest BCUT2D eigenvalue weighted by Gasteiger charge is 2.22. The second-order valence-corrected chi connectivity index (χ2v) is 7.84. The van der Waals surface area contributed by atoms with Gasteiger partial charge in [-0.05, 0) is 48.1 Å². The van der Waals surface area contributed by atoms with Crippen molar-refractivity contribution in [3.63, 3.8) is 0 Å². The van der Waals surface area contributed by atoms with E-state index in [0.717, 1.165) is 29.6 Å². The SMILES string of the molecule is Cc1ccc2nc(NC(=O)c3ccc(C(C)(C)CCc4nn[nH]n4)cc3)cn2c1. The summed E-state index contributed by atoms with van der Waals surface area (Å²) in [5.74, 6) is 1.06. The van der Waals surface area contributed by atoms with Gasteiger partial charge in [0.05, 0.1) is 6.20 Å². The van der Waals surface area contributed by atoms with Crippen LogP contribution in [0.5, 0.6) is 0 Å². The number of hydrogen-bond acceptors (Lipinski definition) is 5. The van der Waals surface area contributed by atoms with Crippen molar-refractivity contribution in [1.82, 2.24) is 30.0 Å². The molecule has 3 aromatic heterocycles. The number of aromatic amines is 1. The van der Waals surface area contributed by atoms with Crippen LogP contribution in [0.4, 0.5) is 5.82 Å². The van der Waals surface area contributed by atoms with Gasteiger partial charge in [-0.15, -0.1) is 10.2 Å². The second kappa shape index (κ2) is 7.46. The number of carbonyl (C=O) groups is 1. The molecule has 0 atom stereocenters. The molecule has 0 saturated carbocycles. The number of pyridine rings is 1.